The van der Waals surface area contributed by atoms with Crippen LogP contribution in [0.2, 0.25) is 10.0 Å². The lowest BCUT2D eigenvalue weighted by Gasteiger charge is -2.13. The van der Waals surface area contributed by atoms with E-state index in [0.717, 1.165) is 6.07 Å². The number of carbonyl (C=O) groups is 1. The zero-order valence-electron chi connectivity index (χ0n) is 20.1. The highest BCUT2D eigenvalue weighted by atomic mass is 35.5. The first kappa shape index (κ1) is 27.3. The Morgan fingerprint density at radius 3 is 2.45 bits per heavy atom. The number of benzene rings is 4. The summed E-state index contributed by atoms with van der Waals surface area (Å²) in [6.45, 7) is 3.87. The summed E-state index contributed by atoms with van der Waals surface area (Å²) in [5.41, 5.74) is 0.565. The first-order valence-corrected chi connectivity index (χ1v) is 13.4. The summed E-state index contributed by atoms with van der Waals surface area (Å²) >= 11 is 12.4. The van der Waals surface area contributed by atoms with E-state index in [1.165, 1.54) is 12.1 Å². The van der Waals surface area contributed by atoms with Crippen molar-refractivity contribution in [2.24, 2.45) is 10.2 Å². The van der Waals surface area contributed by atoms with Crippen molar-refractivity contribution in [2.45, 2.75) is 18.7 Å². The Morgan fingerprint density at radius 2 is 1.74 bits per heavy atom. The summed E-state index contributed by atoms with van der Waals surface area (Å²) < 4.78 is 38.3. The van der Waals surface area contributed by atoms with E-state index in [4.69, 9.17) is 27.9 Å². The van der Waals surface area contributed by atoms with Crippen molar-refractivity contribution in [1.82, 2.24) is 0 Å². The van der Waals surface area contributed by atoms with Gasteiger partial charge in [-0.15, -0.1) is 10.2 Å². The second-order valence-corrected chi connectivity index (χ2v) is 10.3. The number of ether oxygens (including phenoxy) is 1. The van der Waals surface area contributed by atoms with Gasteiger partial charge in [0.15, 0.2) is 5.75 Å². The number of rotatable bonds is 7. The minimum absolute atomic E-state index is 0.0281. The maximum atomic E-state index is 13.2. The molecule has 0 radical (unpaired) electrons. The van der Waals surface area contributed by atoms with E-state index in [-0.39, 0.29) is 32.7 Å². The van der Waals surface area contributed by atoms with Gasteiger partial charge in [-0.3, -0.25) is 9.35 Å². The number of aryl methyl sites for hydroxylation is 1. The summed E-state index contributed by atoms with van der Waals surface area (Å²) in [7, 11) is -4.61. The van der Waals surface area contributed by atoms with Gasteiger partial charge >= 0.3 is 0 Å². The van der Waals surface area contributed by atoms with Gasteiger partial charge in [-0.2, -0.15) is 8.42 Å². The van der Waals surface area contributed by atoms with Crippen LogP contribution in [-0.4, -0.2) is 30.6 Å². The van der Waals surface area contributed by atoms with Crippen LogP contribution in [-0.2, 0) is 10.1 Å². The number of carbonyl (C=O) groups excluding carboxylic acids is 1. The summed E-state index contributed by atoms with van der Waals surface area (Å²) in [4.78, 5) is 12.7. The van der Waals surface area contributed by atoms with Crippen molar-refractivity contribution >= 4 is 67.1 Å². The molecule has 196 valence electrons. The minimum Gasteiger partial charge on any atom is -0.505 e. The van der Waals surface area contributed by atoms with Crippen LogP contribution < -0.4 is 10.1 Å². The summed E-state index contributed by atoms with van der Waals surface area (Å²) in [6.07, 6.45) is 0. The Labute approximate surface area is 228 Å². The SMILES string of the molecule is CCOc1ccc(Cl)c(NC(=O)c2cc3ccccc3c(N=Nc3c(C)ccc(S(=O)(=O)O)c3Cl)c2O)c1. The molecule has 4 aromatic carbocycles. The van der Waals surface area contributed by atoms with Crippen LogP contribution in [0.5, 0.6) is 11.5 Å². The van der Waals surface area contributed by atoms with Crippen molar-refractivity contribution in [3.8, 4) is 11.5 Å². The maximum absolute atomic E-state index is 13.2. The first-order chi connectivity index (χ1) is 18.0. The van der Waals surface area contributed by atoms with Crippen molar-refractivity contribution in [2.75, 3.05) is 11.9 Å². The highest BCUT2D eigenvalue weighted by Crippen LogP contribution is 2.42. The Bertz CT molecular complexity index is 1710. The quantitative estimate of drug-likeness (QED) is 0.155. The van der Waals surface area contributed by atoms with Crippen LogP contribution in [0.1, 0.15) is 22.8 Å². The summed E-state index contributed by atoms with van der Waals surface area (Å²) in [5, 5.41) is 23.0. The molecule has 0 saturated heterocycles. The second-order valence-electron chi connectivity index (χ2n) is 8.09. The molecular weight excluding hydrogens is 553 g/mol. The molecule has 38 heavy (non-hydrogen) atoms. The monoisotopic (exact) mass is 573 g/mol. The van der Waals surface area contributed by atoms with Crippen molar-refractivity contribution in [3.05, 3.63) is 81.8 Å². The van der Waals surface area contributed by atoms with Gasteiger partial charge in [-0.1, -0.05) is 53.5 Å². The molecule has 0 aromatic heterocycles. The smallest absolute Gasteiger partial charge is 0.296 e. The molecule has 0 unspecified atom stereocenters. The average molecular weight is 574 g/mol. The largest absolute Gasteiger partial charge is 0.505 e. The number of phenolic OH excluding ortho intramolecular Hbond substituents is 1. The normalized spacial score (nSPS) is 11.7. The molecule has 9 nitrogen and oxygen atoms in total. The van der Waals surface area contributed by atoms with Crippen LogP contribution >= 0.6 is 23.2 Å². The second kappa shape index (κ2) is 11.0. The summed E-state index contributed by atoms with van der Waals surface area (Å²) in [6, 6.07) is 15.7. The van der Waals surface area contributed by atoms with Gasteiger partial charge in [0, 0.05) is 11.5 Å². The molecule has 12 heteroatoms. The number of anilines is 1. The predicted molar refractivity (Wildman–Crippen MR) is 146 cm³/mol. The van der Waals surface area contributed by atoms with Crippen LogP contribution in [0.3, 0.4) is 0 Å². The zero-order chi connectivity index (χ0) is 27.6. The van der Waals surface area contributed by atoms with Gasteiger partial charge in [0.25, 0.3) is 16.0 Å². The average Bonchev–Trinajstić information content (AvgIpc) is 2.86. The molecule has 0 bridgehead atoms. The first-order valence-electron chi connectivity index (χ1n) is 11.2. The third kappa shape index (κ3) is 5.58. The fourth-order valence-corrected chi connectivity index (χ4v) is 4.97. The van der Waals surface area contributed by atoms with E-state index in [1.807, 2.05) is 6.92 Å². The van der Waals surface area contributed by atoms with Crippen molar-refractivity contribution in [1.29, 1.82) is 0 Å². The number of azo groups is 1. The molecule has 0 atom stereocenters. The molecule has 3 N–H and O–H groups in total. The molecule has 4 aromatic rings. The van der Waals surface area contributed by atoms with E-state index in [1.54, 1.807) is 49.4 Å². The Kier molecular flexibility index (Phi) is 7.89. The molecule has 1 amide bonds. The van der Waals surface area contributed by atoms with E-state index in [9.17, 15) is 22.9 Å². The lowest BCUT2D eigenvalue weighted by molar-refractivity contribution is 0.102. The fourth-order valence-electron chi connectivity index (χ4n) is 3.70. The van der Waals surface area contributed by atoms with Gasteiger partial charge in [0.2, 0.25) is 0 Å². The van der Waals surface area contributed by atoms with Crippen molar-refractivity contribution in [3.63, 3.8) is 0 Å². The number of hydrogen-bond acceptors (Lipinski definition) is 7. The highest BCUT2D eigenvalue weighted by Gasteiger charge is 2.21. The lowest BCUT2D eigenvalue weighted by atomic mass is 10.0. The molecular formula is C26H21Cl2N3O6S. The number of hydrogen-bond donors (Lipinski definition) is 3. The Hall–Kier alpha value is -3.70. The van der Waals surface area contributed by atoms with Gasteiger partial charge in [0.05, 0.1) is 27.9 Å². The molecule has 0 aliphatic rings. The van der Waals surface area contributed by atoms with Crippen LogP contribution in [0.4, 0.5) is 17.1 Å². The predicted octanol–water partition coefficient (Wildman–Crippen LogP) is 7.47. The molecule has 0 heterocycles. The number of phenols is 1. The topological polar surface area (TPSA) is 138 Å². The van der Waals surface area contributed by atoms with E-state index < -0.39 is 26.7 Å². The minimum atomic E-state index is -4.61. The van der Waals surface area contributed by atoms with Crippen LogP contribution in [0, 0.1) is 6.92 Å². The number of aromatic hydroxyl groups is 1. The van der Waals surface area contributed by atoms with E-state index in [0.29, 0.717) is 28.7 Å². The fraction of sp³-hybridized carbons (Fsp3) is 0.115. The van der Waals surface area contributed by atoms with Crippen LogP contribution in [0.15, 0.2) is 75.8 Å². The number of amides is 1. The molecule has 0 aliphatic heterocycles. The molecule has 0 saturated carbocycles. The van der Waals surface area contributed by atoms with Gasteiger partial charge < -0.3 is 15.2 Å². The lowest BCUT2D eigenvalue weighted by Crippen LogP contribution is -2.12. The third-order valence-corrected chi connectivity index (χ3v) is 7.27. The molecule has 0 spiro atoms. The van der Waals surface area contributed by atoms with Gasteiger partial charge in [-0.25, -0.2) is 0 Å². The molecule has 0 aliphatic carbocycles. The summed E-state index contributed by atoms with van der Waals surface area (Å²) in [5.74, 6) is -0.631. The van der Waals surface area contributed by atoms with E-state index in [2.05, 4.69) is 15.5 Å². The zero-order valence-corrected chi connectivity index (χ0v) is 22.4. The van der Waals surface area contributed by atoms with Gasteiger partial charge in [0.1, 0.15) is 22.0 Å². The highest BCUT2D eigenvalue weighted by molar-refractivity contribution is 7.86. The molecule has 4 rings (SSSR count). The van der Waals surface area contributed by atoms with Gasteiger partial charge in [-0.05, 0) is 49.1 Å². The third-order valence-electron chi connectivity index (χ3n) is 5.55. The standard InChI is InChI=1S/C26H21Cl2N3O6S/c1-3-37-16-9-10-19(27)20(13-16)29-26(33)18-12-15-6-4-5-7-17(15)24(25(18)32)31-30-23-14(2)8-11-21(22(23)28)38(34,35)36/h4-13,32H,3H2,1-2H3,(H,29,33)(H,34,35,36). The van der Waals surface area contributed by atoms with Crippen molar-refractivity contribution < 1.29 is 27.6 Å². The number of nitrogens with one attached hydrogen (secondary N) is 1. The van der Waals surface area contributed by atoms with E-state index >= 15 is 0 Å². The number of fused-ring (bicyclic) bond motifs is 1. The number of halogens is 2. The Balaban J connectivity index is 1.81. The Morgan fingerprint density at radius 1 is 1.03 bits per heavy atom. The van der Waals surface area contributed by atoms with Crippen LogP contribution in [0.25, 0.3) is 10.8 Å². The molecule has 0 fully saturated rings. The maximum Gasteiger partial charge on any atom is 0.296 e. The number of nitrogens with zero attached hydrogens (tertiary/aromatic N) is 2.